The van der Waals surface area contributed by atoms with Gasteiger partial charge in [-0.25, -0.2) is 12.8 Å². The SMILES string of the molecule is Cc1ccc(S(=O)(=O)N2C[C@@H](C(=O)O)[C@H](SCCc3ccccc3)C[C@H]2c2ccccc2F)cc1. The van der Waals surface area contributed by atoms with Crippen LogP contribution in [0.4, 0.5) is 4.39 Å². The molecule has 0 amide bonds. The number of carboxylic acids is 1. The van der Waals surface area contributed by atoms with Crippen LogP contribution in [0.1, 0.15) is 29.2 Å². The van der Waals surface area contributed by atoms with Crippen molar-refractivity contribution in [2.24, 2.45) is 5.92 Å². The number of carbonyl (C=O) groups is 1. The third-order valence-electron chi connectivity index (χ3n) is 6.40. The zero-order valence-corrected chi connectivity index (χ0v) is 21.0. The number of hydrogen-bond donors (Lipinski definition) is 1. The Labute approximate surface area is 210 Å². The molecule has 3 aromatic carbocycles. The third kappa shape index (κ3) is 5.77. The van der Waals surface area contributed by atoms with Crippen molar-refractivity contribution in [3.8, 4) is 0 Å². The summed E-state index contributed by atoms with van der Waals surface area (Å²) < 4.78 is 43.4. The highest BCUT2D eigenvalue weighted by Gasteiger charge is 2.45. The molecule has 35 heavy (non-hydrogen) atoms. The highest BCUT2D eigenvalue weighted by Crippen LogP contribution is 2.43. The molecule has 4 rings (SSSR count). The van der Waals surface area contributed by atoms with Gasteiger partial charge in [0.1, 0.15) is 5.82 Å². The first-order valence-electron chi connectivity index (χ1n) is 11.5. The van der Waals surface area contributed by atoms with Crippen molar-refractivity contribution >= 4 is 27.8 Å². The molecule has 1 aliphatic heterocycles. The quantitative estimate of drug-likeness (QED) is 0.442. The number of aryl methyl sites for hydroxylation is 2. The normalized spacial score (nSPS) is 21.0. The zero-order chi connectivity index (χ0) is 25.0. The summed E-state index contributed by atoms with van der Waals surface area (Å²) >= 11 is 1.52. The molecule has 1 aliphatic rings. The van der Waals surface area contributed by atoms with Gasteiger partial charge in [0.15, 0.2) is 0 Å². The van der Waals surface area contributed by atoms with Gasteiger partial charge in [0.25, 0.3) is 0 Å². The van der Waals surface area contributed by atoms with E-state index in [-0.39, 0.29) is 28.7 Å². The van der Waals surface area contributed by atoms with E-state index in [0.29, 0.717) is 5.75 Å². The second kappa shape index (κ2) is 10.9. The number of hydrogen-bond acceptors (Lipinski definition) is 4. The van der Waals surface area contributed by atoms with Crippen molar-refractivity contribution < 1.29 is 22.7 Å². The van der Waals surface area contributed by atoms with Crippen LogP contribution in [0.15, 0.2) is 83.8 Å². The molecule has 3 aromatic rings. The van der Waals surface area contributed by atoms with Crippen LogP contribution >= 0.6 is 11.8 Å². The van der Waals surface area contributed by atoms with Crippen LogP contribution in [0.25, 0.3) is 0 Å². The monoisotopic (exact) mass is 513 g/mol. The Morgan fingerprint density at radius 3 is 2.34 bits per heavy atom. The lowest BCUT2D eigenvalue weighted by molar-refractivity contribution is -0.143. The van der Waals surface area contributed by atoms with Gasteiger partial charge in [-0.3, -0.25) is 4.79 Å². The maximum atomic E-state index is 14.9. The Hall–Kier alpha value is -2.68. The highest BCUT2D eigenvalue weighted by molar-refractivity contribution is 7.99. The second-order valence-electron chi connectivity index (χ2n) is 8.75. The number of aliphatic carboxylic acids is 1. The van der Waals surface area contributed by atoms with Crippen LogP contribution in [-0.2, 0) is 21.2 Å². The van der Waals surface area contributed by atoms with E-state index in [4.69, 9.17) is 0 Å². The topological polar surface area (TPSA) is 74.7 Å². The van der Waals surface area contributed by atoms with Crippen molar-refractivity contribution in [2.45, 2.75) is 36.0 Å². The summed E-state index contributed by atoms with van der Waals surface area (Å²) in [6.45, 7) is 1.64. The number of piperidine rings is 1. The summed E-state index contributed by atoms with van der Waals surface area (Å²) in [6.07, 6.45) is 0.979. The molecule has 1 heterocycles. The largest absolute Gasteiger partial charge is 0.481 e. The van der Waals surface area contributed by atoms with E-state index in [1.807, 2.05) is 37.3 Å². The second-order valence-corrected chi connectivity index (χ2v) is 12.0. The standard InChI is InChI=1S/C27H28FNO4S2/c1-19-11-13-21(14-12-19)35(32,33)29-18-23(27(30)31)26(34-16-15-20-7-3-2-4-8-20)17-25(29)22-9-5-6-10-24(22)28/h2-14,23,25-26H,15-18H2,1H3,(H,30,31)/t23-,25+,26-/m1/s1. The van der Waals surface area contributed by atoms with E-state index in [2.05, 4.69) is 0 Å². The lowest BCUT2D eigenvalue weighted by Crippen LogP contribution is -2.49. The van der Waals surface area contributed by atoms with Gasteiger partial charge < -0.3 is 5.11 Å². The van der Waals surface area contributed by atoms with Crippen LogP contribution < -0.4 is 0 Å². The maximum Gasteiger partial charge on any atom is 0.308 e. The molecular formula is C27H28FNO4S2. The summed E-state index contributed by atoms with van der Waals surface area (Å²) in [5, 5.41) is 9.66. The smallest absolute Gasteiger partial charge is 0.308 e. The number of carboxylic acid groups (broad SMARTS) is 1. The predicted molar refractivity (Wildman–Crippen MR) is 136 cm³/mol. The van der Waals surface area contributed by atoms with Crippen LogP contribution in [0.2, 0.25) is 0 Å². The summed E-state index contributed by atoms with van der Waals surface area (Å²) in [5.41, 5.74) is 2.32. The first-order valence-corrected chi connectivity index (χ1v) is 14.0. The number of thioether (sulfide) groups is 1. The summed E-state index contributed by atoms with van der Waals surface area (Å²) in [7, 11) is -4.05. The fourth-order valence-corrected chi connectivity index (χ4v) is 7.53. The van der Waals surface area contributed by atoms with E-state index in [9.17, 15) is 22.7 Å². The molecule has 0 unspecified atom stereocenters. The van der Waals surface area contributed by atoms with Crippen molar-refractivity contribution in [3.63, 3.8) is 0 Å². The van der Waals surface area contributed by atoms with Gasteiger partial charge in [0.05, 0.1) is 16.9 Å². The first kappa shape index (κ1) is 25.4. The summed E-state index contributed by atoms with van der Waals surface area (Å²) in [5.74, 6) is -1.76. The van der Waals surface area contributed by atoms with Gasteiger partial charge in [-0.15, -0.1) is 0 Å². The van der Waals surface area contributed by atoms with E-state index in [1.165, 1.54) is 34.3 Å². The lowest BCUT2D eigenvalue weighted by Gasteiger charge is -2.41. The van der Waals surface area contributed by atoms with Crippen molar-refractivity contribution in [1.82, 2.24) is 4.31 Å². The molecule has 0 bridgehead atoms. The van der Waals surface area contributed by atoms with E-state index in [0.717, 1.165) is 17.5 Å². The molecule has 1 fully saturated rings. The fraction of sp³-hybridized carbons (Fsp3) is 0.296. The zero-order valence-electron chi connectivity index (χ0n) is 19.4. The maximum absolute atomic E-state index is 14.9. The fourth-order valence-electron chi connectivity index (χ4n) is 4.47. The Balaban J connectivity index is 1.66. The van der Waals surface area contributed by atoms with E-state index in [1.54, 1.807) is 30.3 Å². The minimum Gasteiger partial charge on any atom is -0.481 e. The molecular weight excluding hydrogens is 485 g/mol. The van der Waals surface area contributed by atoms with Gasteiger partial charge in [0, 0.05) is 17.4 Å². The highest BCUT2D eigenvalue weighted by atomic mass is 32.2. The Kier molecular flexibility index (Phi) is 7.94. The van der Waals surface area contributed by atoms with Crippen LogP contribution in [0, 0.1) is 18.7 Å². The van der Waals surface area contributed by atoms with Crippen molar-refractivity contribution in [3.05, 3.63) is 101 Å². The van der Waals surface area contributed by atoms with Gasteiger partial charge in [-0.2, -0.15) is 16.1 Å². The minimum absolute atomic E-state index is 0.0729. The molecule has 1 N–H and O–H groups in total. The Morgan fingerprint density at radius 2 is 1.69 bits per heavy atom. The van der Waals surface area contributed by atoms with Crippen LogP contribution in [-0.4, -0.2) is 41.3 Å². The van der Waals surface area contributed by atoms with Gasteiger partial charge in [-0.1, -0.05) is 66.2 Å². The van der Waals surface area contributed by atoms with Crippen molar-refractivity contribution in [1.29, 1.82) is 0 Å². The molecule has 8 heteroatoms. The van der Waals surface area contributed by atoms with Crippen molar-refractivity contribution in [2.75, 3.05) is 12.3 Å². The molecule has 0 saturated carbocycles. The third-order valence-corrected chi connectivity index (χ3v) is 9.68. The Bertz CT molecular complexity index is 1270. The van der Waals surface area contributed by atoms with Gasteiger partial charge in [0.2, 0.25) is 10.0 Å². The molecule has 1 saturated heterocycles. The molecule has 3 atom stereocenters. The molecule has 184 valence electrons. The van der Waals surface area contributed by atoms with E-state index >= 15 is 0 Å². The molecule has 0 aromatic heterocycles. The summed E-state index contributed by atoms with van der Waals surface area (Å²) in [4.78, 5) is 12.3. The van der Waals surface area contributed by atoms with Crippen LogP contribution in [0.3, 0.4) is 0 Å². The average molecular weight is 514 g/mol. The number of sulfonamides is 1. The van der Waals surface area contributed by atoms with Gasteiger partial charge >= 0.3 is 5.97 Å². The lowest BCUT2D eigenvalue weighted by atomic mass is 9.90. The molecule has 0 aliphatic carbocycles. The molecule has 0 spiro atoms. The minimum atomic E-state index is -4.05. The molecule has 5 nitrogen and oxygen atoms in total. The number of halogens is 1. The van der Waals surface area contributed by atoms with Crippen LogP contribution in [0.5, 0.6) is 0 Å². The first-order chi connectivity index (χ1) is 16.8. The van der Waals surface area contributed by atoms with E-state index < -0.39 is 33.8 Å². The number of rotatable bonds is 8. The Morgan fingerprint density at radius 1 is 1.03 bits per heavy atom. The number of nitrogens with zero attached hydrogens (tertiary/aromatic N) is 1. The summed E-state index contributed by atoms with van der Waals surface area (Å²) in [6, 6.07) is 21.7. The number of benzene rings is 3. The molecule has 0 radical (unpaired) electrons. The van der Waals surface area contributed by atoms with Gasteiger partial charge in [-0.05, 0) is 49.3 Å². The average Bonchev–Trinajstić information content (AvgIpc) is 2.85. The predicted octanol–water partition coefficient (Wildman–Crippen LogP) is 5.32.